The monoisotopic (exact) mass is 321 g/mol. The number of halogens is 1. The Morgan fingerprint density at radius 2 is 2.15 bits per heavy atom. The Kier molecular flexibility index (Phi) is 4.21. The molecule has 1 aliphatic rings. The standard InChI is InChI=1S/C10H16ClN5O3S/c1-15-10(8(11)6-13-15)20(18,19)16-4-2-7(3-5-16)9(12)14-17/h6-7,17H,2-5H2,1H3,(H2,12,14). The zero-order valence-corrected chi connectivity index (χ0v) is 12.5. The van der Waals surface area contributed by atoms with Crippen molar-refractivity contribution in [2.24, 2.45) is 23.9 Å². The maximum absolute atomic E-state index is 12.5. The second-order valence-corrected chi connectivity index (χ2v) is 6.88. The number of aryl methyl sites for hydroxylation is 1. The number of rotatable bonds is 3. The van der Waals surface area contributed by atoms with Crippen LogP contribution >= 0.6 is 11.6 Å². The van der Waals surface area contributed by atoms with E-state index >= 15 is 0 Å². The fraction of sp³-hybridized carbons (Fsp3) is 0.600. The van der Waals surface area contributed by atoms with Crippen LogP contribution in [-0.4, -0.2) is 46.6 Å². The number of oxime groups is 1. The Morgan fingerprint density at radius 1 is 1.55 bits per heavy atom. The zero-order chi connectivity index (χ0) is 14.9. The predicted molar refractivity (Wildman–Crippen MR) is 73.1 cm³/mol. The van der Waals surface area contributed by atoms with E-state index in [0.717, 1.165) is 0 Å². The molecule has 0 bridgehead atoms. The van der Waals surface area contributed by atoms with Crippen LogP contribution in [0.1, 0.15) is 12.8 Å². The summed E-state index contributed by atoms with van der Waals surface area (Å²) in [7, 11) is -2.15. The summed E-state index contributed by atoms with van der Waals surface area (Å²) < 4.78 is 27.6. The zero-order valence-electron chi connectivity index (χ0n) is 10.9. The number of nitrogens with zero attached hydrogens (tertiary/aromatic N) is 4. The van der Waals surface area contributed by atoms with E-state index in [9.17, 15) is 8.42 Å². The quantitative estimate of drug-likeness (QED) is 0.358. The first kappa shape index (κ1) is 15.1. The lowest BCUT2D eigenvalue weighted by Gasteiger charge is -2.30. The van der Waals surface area contributed by atoms with Crippen molar-refractivity contribution in [2.45, 2.75) is 17.9 Å². The molecule has 0 saturated carbocycles. The Labute approximate surface area is 121 Å². The topological polar surface area (TPSA) is 114 Å². The molecule has 0 atom stereocenters. The number of amidine groups is 1. The molecule has 0 amide bonds. The second-order valence-electron chi connectivity index (χ2n) is 4.62. The van der Waals surface area contributed by atoms with E-state index in [1.165, 1.54) is 22.2 Å². The van der Waals surface area contributed by atoms with Gasteiger partial charge in [-0.3, -0.25) is 4.68 Å². The number of nitrogens with two attached hydrogens (primary N) is 1. The summed E-state index contributed by atoms with van der Waals surface area (Å²) >= 11 is 5.89. The molecule has 0 unspecified atom stereocenters. The van der Waals surface area contributed by atoms with Crippen LogP contribution in [0, 0.1) is 5.92 Å². The normalized spacial score (nSPS) is 19.4. The van der Waals surface area contributed by atoms with Crippen LogP contribution in [0.15, 0.2) is 16.4 Å². The van der Waals surface area contributed by atoms with E-state index < -0.39 is 10.0 Å². The van der Waals surface area contributed by atoms with Crippen molar-refractivity contribution in [3.8, 4) is 0 Å². The van der Waals surface area contributed by atoms with Crippen molar-refractivity contribution in [3.05, 3.63) is 11.2 Å². The van der Waals surface area contributed by atoms with Gasteiger partial charge in [0.05, 0.1) is 11.2 Å². The highest BCUT2D eigenvalue weighted by Crippen LogP contribution is 2.27. The van der Waals surface area contributed by atoms with Gasteiger partial charge in [0.15, 0.2) is 5.03 Å². The third-order valence-corrected chi connectivity index (χ3v) is 5.82. The molecule has 0 aromatic carbocycles. The lowest BCUT2D eigenvalue weighted by Crippen LogP contribution is -2.42. The van der Waals surface area contributed by atoms with E-state index in [4.69, 9.17) is 22.5 Å². The number of sulfonamides is 1. The molecule has 1 fully saturated rings. The maximum atomic E-state index is 12.5. The van der Waals surface area contributed by atoms with Gasteiger partial charge in [0.1, 0.15) is 5.84 Å². The van der Waals surface area contributed by atoms with Gasteiger partial charge in [-0.05, 0) is 12.8 Å². The molecule has 2 rings (SSSR count). The van der Waals surface area contributed by atoms with Gasteiger partial charge in [0.25, 0.3) is 10.0 Å². The van der Waals surface area contributed by atoms with Crippen molar-refractivity contribution in [2.75, 3.05) is 13.1 Å². The number of aromatic nitrogens is 2. The SMILES string of the molecule is Cn1ncc(Cl)c1S(=O)(=O)N1CCC(C(N)=NO)CC1. The Morgan fingerprint density at radius 3 is 2.60 bits per heavy atom. The first-order valence-corrected chi connectivity index (χ1v) is 7.84. The summed E-state index contributed by atoms with van der Waals surface area (Å²) in [6.07, 6.45) is 2.31. The molecule has 20 heavy (non-hydrogen) atoms. The number of piperidine rings is 1. The van der Waals surface area contributed by atoms with Gasteiger partial charge in [-0.2, -0.15) is 9.40 Å². The molecule has 1 aromatic heterocycles. The van der Waals surface area contributed by atoms with Gasteiger partial charge in [-0.1, -0.05) is 16.8 Å². The summed E-state index contributed by atoms with van der Waals surface area (Å²) in [5.74, 6) is 0.0362. The van der Waals surface area contributed by atoms with Gasteiger partial charge < -0.3 is 10.9 Å². The molecule has 2 heterocycles. The molecule has 0 radical (unpaired) electrons. The fourth-order valence-electron chi connectivity index (χ4n) is 2.29. The van der Waals surface area contributed by atoms with Gasteiger partial charge in [0.2, 0.25) is 0 Å². The summed E-state index contributed by atoms with van der Waals surface area (Å²) in [6.45, 7) is 0.593. The lowest BCUT2D eigenvalue weighted by molar-refractivity contribution is 0.290. The summed E-state index contributed by atoms with van der Waals surface area (Å²) in [5, 5.41) is 15.5. The largest absolute Gasteiger partial charge is 0.409 e. The van der Waals surface area contributed by atoms with Crippen molar-refractivity contribution >= 4 is 27.5 Å². The summed E-state index contributed by atoms with van der Waals surface area (Å²) in [5.41, 5.74) is 5.54. The number of hydrogen-bond donors (Lipinski definition) is 2. The van der Waals surface area contributed by atoms with E-state index in [2.05, 4.69) is 10.3 Å². The molecule has 3 N–H and O–H groups in total. The molecule has 1 aromatic rings. The Balaban J connectivity index is 2.18. The van der Waals surface area contributed by atoms with Crippen molar-refractivity contribution in [1.82, 2.24) is 14.1 Å². The van der Waals surface area contributed by atoms with E-state index in [0.29, 0.717) is 25.9 Å². The summed E-state index contributed by atoms with van der Waals surface area (Å²) in [4.78, 5) is 0. The van der Waals surface area contributed by atoms with Gasteiger partial charge >= 0.3 is 0 Å². The third-order valence-electron chi connectivity index (χ3n) is 3.41. The molecule has 1 saturated heterocycles. The fourth-order valence-corrected chi connectivity index (χ4v) is 4.36. The van der Waals surface area contributed by atoms with Gasteiger partial charge in [-0.25, -0.2) is 8.42 Å². The molecule has 0 spiro atoms. The van der Waals surface area contributed by atoms with Crippen LogP contribution in [0.3, 0.4) is 0 Å². The molecule has 8 nitrogen and oxygen atoms in total. The average Bonchev–Trinajstić information content (AvgIpc) is 2.78. The summed E-state index contributed by atoms with van der Waals surface area (Å²) in [6, 6.07) is 0. The lowest BCUT2D eigenvalue weighted by atomic mass is 9.97. The minimum atomic E-state index is -3.68. The van der Waals surface area contributed by atoms with Crippen molar-refractivity contribution in [1.29, 1.82) is 0 Å². The van der Waals surface area contributed by atoms with Gasteiger partial charge in [-0.15, -0.1) is 0 Å². The van der Waals surface area contributed by atoms with Gasteiger partial charge in [0, 0.05) is 26.1 Å². The Hall–Kier alpha value is -1.32. The first-order valence-electron chi connectivity index (χ1n) is 6.03. The minimum absolute atomic E-state index is 0.0126. The minimum Gasteiger partial charge on any atom is -0.409 e. The van der Waals surface area contributed by atoms with Crippen LogP contribution in [0.4, 0.5) is 0 Å². The van der Waals surface area contributed by atoms with Crippen LogP contribution in [0.5, 0.6) is 0 Å². The predicted octanol–water partition coefficient (Wildman–Crippen LogP) is 0.221. The van der Waals surface area contributed by atoms with Crippen LogP contribution in [-0.2, 0) is 17.1 Å². The van der Waals surface area contributed by atoms with Crippen LogP contribution in [0.2, 0.25) is 5.02 Å². The highest BCUT2D eigenvalue weighted by Gasteiger charge is 2.34. The third kappa shape index (κ3) is 2.60. The van der Waals surface area contributed by atoms with Crippen molar-refractivity contribution < 1.29 is 13.6 Å². The molecular weight excluding hydrogens is 306 g/mol. The smallest absolute Gasteiger partial charge is 0.261 e. The maximum Gasteiger partial charge on any atom is 0.261 e. The highest BCUT2D eigenvalue weighted by molar-refractivity contribution is 7.89. The van der Waals surface area contributed by atoms with E-state index in [1.807, 2.05) is 0 Å². The second kappa shape index (κ2) is 5.58. The molecule has 10 heteroatoms. The van der Waals surface area contributed by atoms with Crippen molar-refractivity contribution in [3.63, 3.8) is 0 Å². The van der Waals surface area contributed by atoms with Crippen LogP contribution < -0.4 is 5.73 Å². The van der Waals surface area contributed by atoms with E-state index in [-0.39, 0.29) is 21.8 Å². The molecule has 1 aliphatic heterocycles. The molecular formula is C10H16ClN5O3S. The number of hydrogen-bond acceptors (Lipinski definition) is 5. The van der Waals surface area contributed by atoms with Crippen LogP contribution in [0.25, 0.3) is 0 Å². The van der Waals surface area contributed by atoms with E-state index in [1.54, 1.807) is 0 Å². The molecule has 0 aliphatic carbocycles. The molecule has 112 valence electrons. The average molecular weight is 322 g/mol. The highest BCUT2D eigenvalue weighted by atomic mass is 35.5. The Bertz CT molecular complexity index is 599. The first-order chi connectivity index (χ1) is 9.37.